The molecule has 0 radical (unpaired) electrons. The molecule has 5 rings (SSSR count). The average molecular weight is 439 g/mol. The Hall–Kier alpha value is -3.16. The molecule has 1 aromatic rings. The molecule has 8 nitrogen and oxygen atoms in total. The van der Waals surface area contributed by atoms with Crippen LogP contribution >= 0.6 is 0 Å². The molecule has 8 heteroatoms. The third kappa shape index (κ3) is 3.20. The quantitative estimate of drug-likeness (QED) is 0.485. The molecule has 0 atom stereocenters. The number of ether oxygens (including phenoxy) is 3. The normalized spacial score (nSPS) is 23.6. The maximum atomic E-state index is 13.4. The number of allylic oxidation sites excluding steroid dienone is 4. The summed E-state index contributed by atoms with van der Waals surface area (Å²) in [6.45, 7) is 7.95. The third-order valence-electron chi connectivity index (χ3n) is 6.61. The van der Waals surface area contributed by atoms with Crippen LogP contribution in [0.3, 0.4) is 0 Å². The number of hydrogen-bond donors (Lipinski definition) is 0. The second-order valence-corrected chi connectivity index (χ2v) is 10.6. The van der Waals surface area contributed by atoms with Gasteiger partial charge in [-0.1, -0.05) is 27.7 Å². The molecule has 32 heavy (non-hydrogen) atoms. The Bertz CT molecular complexity index is 1100. The summed E-state index contributed by atoms with van der Waals surface area (Å²) in [5.41, 5.74) is 0.191. The second-order valence-electron chi connectivity index (χ2n) is 10.6. The Labute approximate surface area is 185 Å². The topological polar surface area (TPSA) is 105 Å². The van der Waals surface area contributed by atoms with E-state index in [2.05, 4.69) is 0 Å². The number of fused-ring (bicyclic) bond motifs is 1. The Morgan fingerprint density at radius 3 is 1.88 bits per heavy atom. The summed E-state index contributed by atoms with van der Waals surface area (Å²) in [4.78, 5) is 38.2. The fraction of sp³-hybridized carbons (Fsp3) is 0.500. The standard InChI is InChI=1S/C24H25NO7/c1-23(2)7-14(26)21-18(9-23)32-19-10-24(3,4)8-15(27)22(19)20(21)12-5-16-17(31-11-30-16)6-13(12)25(28)29/h5-6,20H,7-11H2,1-4H3. The zero-order valence-electron chi connectivity index (χ0n) is 18.6. The lowest BCUT2D eigenvalue weighted by Gasteiger charge is -2.42. The number of benzene rings is 1. The van der Waals surface area contributed by atoms with Crippen LogP contribution in [0, 0.1) is 20.9 Å². The molecule has 0 bridgehead atoms. The van der Waals surface area contributed by atoms with E-state index in [1.165, 1.54) is 6.07 Å². The summed E-state index contributed by atoms with van der Waals surface area (Å²) in [6, 6.07) is 2.87. The predicted molar refractivity (Wildman–Crippen MR) is 113 cm³/mol. The van der Waals surface area contributed by atoms with E-state index in [1.807, 2.05) is 27.7 Å². The molecule has 0 saturated carbocycles. The van der Waals surface area contributed by atoms with Crippen molar-refractivity contribution in [2.24, 2.45) is 10.8 Å². The monoisotopic (exact) mass is 439 g/mol. The van der Waals surface area contributed by atoms with E-state index in [-0.39, 0.29) is 59.0 Å². The molecule has 4 aliphatic rings. The van der Waals surface area contributed by atoms with Crippen molar-refractivity contribution in [1.82, 2.24) is 0 Å². The van der Waals surface area contributed by atoms with E-state index in [4.69, 9.17) is 14.2 Å². The van der Waals surface area contributed by atoms with Crippen LogP contribution in [0.1, 0.15) is 64.9 Å². The van der Waals surface area contributed by atoms with Gasteiger partial charge in [-0.3, -0.25) is 19.7 Å². The van der Waals surface area contributed by atoms with Gasteiger partial charge in [-0.2, -0.15) is 0 Å². The van der Waals surface area contributed by atoms with Crippen LogP contribution in [0.4, 0.5) is 5.69 Å². The first-order chi connectivity index (χ1) is 15.0. The lowest BCUT2D eigenvalue weighted by atomic mass is 9.65. The van der Waals surface area contributed by atoms with E-state index < -0.39 is 10.8 Å². The minimum atomic E-state index is -0.851. The van der Waals surface area contributed by atoms with Crippen molar-refractivity contribution in [2.45, 2.75) is 59.3 Å². The van der Waals surface area contributed by atoms with Crippen LogP contribution in [0.25, 0.3) is 0 Å². The number of Topliss-reactive ketones (excluding diaryl/α,β-unsaturated/α-hetero) is 2. The van der Waals surface area contributed by atoms with Crippen LogP contribution in [0.5, 0.6) is 11.5 Å². The zero-order valence-corrected chi connectivity index (χ0v) is 18.6. The predicted octanol–water partition coefficient (Wildman–Crippen LogP) is 4.72. The van der Waals surface area contributed by atoms with Crippen molar-refractivity contribution < 1.29 is 28.7 Å². The van der Waals surface area contributed by atoms with Gasteiger partial charge in [-0.25, -0.2) is 0 Å². The van der Waals surface area contributed by atoms with Crippen LogP contribution in [0.15, 0.2) is 34.8 Å². The van der Waals surface area contributed by atoms with Gasteiger partial charge in [0.2, 0.25) is 6.79 Å². The first-order valence-corrected chi connectivity index (χ1v) is 10.7. The van der Waals surface area contributed by atoms with E-state index in [1.54, 1.807) is 6.07 Å². The number of carbonyl (C=O) groups excluding carboxylic acids is 2. The fourth-order valence-corrected chi connectivity index (χ4v) is 5.32. The average Bonchev–Trinajstić information content (AvgIpc) is 3.10. The maximum absolute atomic E-state index is 13.4. The number of nitro groups is 1. The molecule has 0 aromatic heterocycles. The number of rotatable bonds is 2. The lowest BCUT2D eigenvalue weighted by Crippen LogP contribution is -2.37. The summed E-state index contributed by atoms with van der Waals surface area (Å²) in [6.07, 6.45) is 1.61. The summed E-state index contributed by atoms with van der Waals surface area (Å²) < 4.78 is 17.1. The Morgan fingerprint density at radius 1 is 0.875 bits per heavy atom. The molecule has 0 fully saturated rings. The van der Waals surface area contributed by atoms with Gasteiger partial charge in [0.05, 0.1) is 16.9 Å². The van der Waals surface area contributed by atoms with Crippen LogP contribution in [-0.2, 0) is 14.3 Å². The third-order valence-corrected chi connectivity index (χ3v) is 6.61. The fourth-order valence-electron chi connectivity index (χ4n) is 5.32. The molecule has 0 unspecified atom stereocenters. The lowest BCUT2D eigenvalue weighted by molar-refractivity contribution is -0.385. The summed E-state index contributed by atoms with van der Waals surface area (Å²) in [5, 5.41) is 12.0. The van der Waals surface area contributed by atoms with Gasteiger partial charge >= 0.3 is 0 Å². The molecule has 0 N–H and O–H groups in total. The first-order valence-electron chi connectivity index (χ1n) is 10.7. The van der Waals surface area contributed by atoms with Crippen molar-refractivity contribution in [3.05, 3.63) is 50.5 Å². The summed E-state index contributed by atoms with van der Waals surface area (Å²) in [5.74, 6) is 0.558. The molecule has 2 aliphatic carbocycles. The highest BCUT2D eigenvalue weighted by Gasteiger charge is 2.49. The molecule has 2 heterocycles. The molecule has 0 amide bonds. The summed E-state index contributed by atoms with van der Waals surface area (Å²) >= 11 is 0. The Morgan fingerprint density at radius 2 is 1.38 bits per heavy atom. The number of nitro benzene ring substituents is 1. The molecule has 168 valence electrons. The largest absolute Gasteiger partial charge is 0.465 e. The van der Waals surface area contributed by atoms with Crippen LogP contribution < -0.4 is 9.47 Å². The van der Waals surface area contributed by atoms with Gasteiger partial charge in [0.15, 0.2) is 23.1 Å². The van der Waals surface area contributed by atoms with Crippen molar-refractivity contribution in [2.75, 3.05) is 6.79 Å². The molecular formula is C24H25NO7. The Balaban J connectivity index is 1.77. The number of carbonyl (C=O) groups is 2. The van der Waals surface area contributed by atoms with Crippen LogP contribution in [-0.4, -0.2) is 23.3 Å². The highest BCUT2D eigenvalue weighted by Crippen LogP contribution is 2.55. The molecule has 0 saturated heterocycles. The van der Waals surface area contributed by atoms with E-state index in [9.17, 15) is 19.7 Å². The number of nitrogens with zero attached hydrogens (tertiary/aromatic N) is 1. The molecule has 1 aromatic carbocycles. The highest BCUT2D eigenvalue weighted by molar-refractivity contribution is 6.06. The SMILES string of the molecule is CC1(C)CC(=O)C2=C(C1)OC1=C(C(=O)CC(C)(C)C1)C2c1cc2c(cc1[N+](=O)[O-])OCO2. The Kier molecular flexibility index (Phi) is 4.32. The van der Waals surface area contributed by atoms with Crippen molar-refractivity contribution in [3.8, 4) is 11.5 Å². The molecule has 2 aliphatic heterocycles. The van der Waals surface area contributed by atoms with E-state index >= 15 is 0 Å². The van der Waals surface area contributed by atoms with Crippen molar-refractivity contribution in [3.63, 3.8) is 0 Å². The van der Waals surface area contributed by atoms with E-state index in [0.717, 1.165) is 0 Å². The first kappa shape index (κ1) is 20.7. The smallest absolute Gasteiger partial charge is 0.277 e. The summed E-state index contributed by atoms with van der Waals surface area (Å²) in [7, 11) is 0. The van der Waals surface area contributed by atoms with Gasteiger partial charge in [-0.15, -0.1) is 0 Å². The van der Waals surface area contributed by atoms with Gasteiger partial charge in [0.1, 0.15) is 11.5 Å². The highest BCUT2D eigenvalue weighted by atomic mass is 16.7. The number of ketones is 2. The van der Waals surface area contributed by atoms with Crippen LogP contribution in [0.2, 0.25) is 0 Å². The molecule has 0 spiro atoms. The molecular weight excluding hydrogens is 414 g/mol. The van der Waals surface area contributed by atoms with Crippen molar-refractivity contribution >= 4 is 17.3 Å². The van der Waals surface area contributed by atoms with E-state index in [0.29, 0.717) is 41.3 Å². The van der Waals surface area contributed by atoms with Crippen molar-refractivity contribution in [1.29, 1.82) is 0 Å². The number of hydrogen-bond acceptors (Lipinski definition) is 7. The second kappa shape index (κ2) is 6.67. The van der Waals surface area contributed by atoms with Gasteiger partial charge in [0.25, 0.3) is 5.69 Å². The maximum Gasteiger partial charge on any atom is 0.277 e. The van der Waals surface area contributed by atoms with Gasteiger partial charge in [0, 0.05) is 42.4 Å². The zero-order chi connectivity index (χ0) is 23.0. The minimum Gasteiger partial charge on any atom is -0.465 e. The minimum absolute atomic E-state index is 0.0359. The van der Waals surface area contributed by atoms with Gasteiger partial charge < -0.3 is 14.2 Å². The van der Waals surface area contributed by atoms with Gasteiger partial charge in [-0.05, 0) is 16.9 Å².